The van der Waals surface area contributed by atoms with E-state index < -0.39 is 16.8 Å². The number of nitrogens with one attached hydrogen (secondary N) is 2. The molecule has 24 heavy (non-hydrogen) atoms. The molecule has 0 unspecified atom stereocenters. The number of nitro benzene ring substituents is 1. The lowest BCUT2D eigenvalue weighted by molar-refractivity contribution is -0.384. The summed E-state index contributed by atoms with van der Waals surface area (Å²) in [5.41, 5.74) is 0.536. The van der Waals surface area contributed by atoms with E-state index in [0.29, 0.717) is 36.6 Å². The van der Waals surface area contributed by atoms with Crippen LogP contribution in [-0.2, 0) is 4.79 Å². The third-order valence-corrected chi connectivity index (χ3v) is 4.38. The molecule has 0 bridgehead atoms. The maximum atomic E-state index is 12.4. The van der Waals surface area contributed by atoms with E-state index in [1.165, 1.54) is 18.2 Å². The van der Waals surface area contributed by atoms with E-state index in [1.54, 1.807) is 0 Å². The molecule has 0 radical (unpaired) electrons. The maximum Gasteiger partial charge on any atom is 0.306 e. The molecule has 9 nitrogen and oxygen atoms in total. The van der Waals surface area contributed by atoms with Crippen LogP contribution in [0.2, 0.25) is 0 Å². The Morgan fingerprint density at radius 2 is 2.00 bits per heavy atom. The number of rotatable bonds is 4. The van der Waals surface area contributed by atoms with Crippen molar-refractivity contribution in [1.82, 2.24) is 15.5 Å². The molecule has 3 N–H and O–H groups in total. The minimum absolute atomic E-state index is 0.106. The van der Waals surface area contributed by atoms with Gasteiger partial charge in [0.1, 0.15) is 0 Å². The number of carboxylic acid groups (broad SMARTS) is 1. The summed E-state index contributed by atoms with van der Waals surface area (Å²) in [5.74, 6) is -1.57. The van der Waals surface area contributed by atoms with Gasteiger partial charge in [-0.3, -0.25) is 24.8 Å². The number of aromatic nitrogens is 2. The topological polar surface area (TPSA) is 138 Å². The number of aromatic amines is 1. The van der Waals surface area contributed by atoms with Crippen LogP contribution < -0.4 is 5.32 Å². The summed E-state index contributed by atoms with van der Waals surface area (Å²) in [6.45, 7) is 0. The van der Waals surface area contributed by atoms with E-state index in [4.69, 9.17) is 5.11 Å². The van der Waals surface area contributed by atoms with Crippen molar-refractivity contribution in [3.63, 3.8) is 0 Å². The van der Waals surface area contributed by atoms with Gasteiger partial charge in [0.25, 0.3) is 11.6 Å². The molecule has 0 aliphatic heterocycles. The largest absolute Gasteiger partial charge is 0.481 e. The van der Waals surface area contributed by atoms with Crippen molar-refractivity contribution in [2.24, 2.45) is 5.92 Å². The third kappa shape index (κ3) is 3.05. The molecule has 1 amide bonds. The minimum atomic E-state index is -0.801. The first-order valence-electron chi connectivity index (χ1n) is 7.62. The molecule has 126 valence electrons. The molecule has 1 aromatic carbocycles. The van der Waals surface area contributed by atoms with Crippen molar-refractivity contribution >= 4 is 28.5 Å². The van der Waals surface area contributed by atoms with Crippen molar-refractivity contribution in [3.05, 3.63) is 34.0 Å². The summed E-state index contributed by atoms with van der Waals surface area (Å²) in [6.07, 6.45) is 2.22. The molecule has 1 fully saturated rings. The van der Waals surface area contributed by atoms with Crippen molar-refractivity contribution in [2.75, 3.05) is 0 Å². The second-order valence-electron chi connectivity index (χ2n) is 5.92. The normalized spacial score (nSPS) is 20.7. The van der Waals surface area contributed by atoms with Gasteiger partial charge < -0.3 is 10.4 Å². The number of fused-ring (bicyclic) bond motifs is 1. The lowest BCUT2D eigenvalue weighted by atomic mass is 9.86. The Bertz CT molecular complexity index is 807. The highest BCUT2D eigenvalue weighted by Gasteiger charge is 2.28. The van der Waals surface area contributed by atoms with Crippen LogP contribution in [0.15, 0.2) is 18.2 Å². The number of amides is 1. The first-order chi connectivity index (χ1) is 11.5. The van der Waals surface area contributed by atoms with Gasteiger partial charge >= 0.3 is 5.97 Å². The number of aliphatic carboxylic acids is 1. The average Bonchev–Trinajstić information content (AvgIpc) is 2.98. The van der Waals surface area contributed by atoms with Crippen molar-refractivity contribution < 1.29 is 19.6 Å². The van der Waals surface area contributed by atoms with Gasteiger partial charge in [0.2, 0.25) is 0 Å². The SMILES string of the molecule is O=C(NC1CCC(C(=O)O)CC1)c1n[nH]c2ccc([N+](=O)[O-])cc12. The number of H-pyrrole nitrogens is 1. The number of nitrogens with zero attached hydrogens (tertiary/aromatic N) is 2. The number of hydrogen-bond donors (Lipinski definition) is 3. The predicted octanol–water partition coefficient (Wildman–Crippen LogP) is 1.84. The van der Waals surface area contributed by atoms with Crippen molar-refractivity contribution in [1.29, 1.82) is 0 Å². The Morgan fingerprint density at radius 1 is 1.29 bits per heavy atom. The van der Waals surface area contributed by atoms with Gasteiger partial charge in [-0.15, -0.1) is 0 Å². The maximum absolute atomic E-state index is 12.4. The summed E-state index contributed by atoms with van der Waals surface area (Å²) in [7, 11) is 0. The van der Waals surface area contributed by atoms with Crippen LogP contribution in [0.3, 0.4) is 0 Å². The van der Waals surface area contributed by atoms with Crippen LogP contribution in [0.1, 0.15) is 36.2 Å². The highest BCUT2D eigenvalue weighted by molar-refractivity contribution is 6.05. The fraction of sp³-hybridized carbons (Fsp3) is 0.400. The van der Waals surface area contributed by atoms with E-state index in [-0.39, 0.29) is 23.3 Å². The number of nitro groups is 1. The van der Waals surface area contributed by atoms with Gasteiger partial charge in [0.05, 0.1) is 16.4 Å². The highest BCUT2D eigenvalue weighted by atomic mass is 16.6. The molecular weight excluding hydrogens is 316 g/mol. The quantitative estimate of drug-likeness (QED) is 0.577. The lowest BCUT2D eigenvalue weighted by Gasteiger charge is -2.26. The third-order valence-electron chi connectivity index (χ3n) is 4.38. The average molecular weight is 332 g/mol. The smallest absolute Gasteiger partial charge is 0.306 e. The monoisotopic (exact) mass is 332 g/mol. The molecule has 2 aromatic rings. The summed E-state index contributed by atoms with van der Waals surface area (Å²) in [5, 5.41) is 29.7. The molecular formula is C15H16N4O5. The molecule has 9 heteroatoms. The zero-order valence-corrected chi connectivity index (χ0v) is 12.7. The van der Waals surface area contributed by atoms with Gasteiger partial charge in [-0.2, -0.15) is 5.10 Å². The molecule has 0 atom stereocenters. The van der Waals surface area contributed by atoms with Crippen molar-refractivity contribution in [2.45, 2.75) is 31.7 Å². The van der Waals surface area contributed by atoms with E-state index in [2.05, 4.69) is 15.5 Å². The van der Waals surface area contributed by atoms with Crippen LogP contribution >= 0.6 is 0 Å². The second-order valence-corrected chi connectivity index (χ2v) is 5.92. The van der Waals surface area contributed by atoms with Crippen molar-refractivity contribution in [3.8, 4) is 0 Å². The van der Waals surface area contributed by atoms with Gasteiger partial charge in [-0.25, -0.2) is 0 Å². The van der Waals surface area contributed by atoms with E-state index >= 15 is 0 Å². The molecule has 1 aliphatic rings. The van der Waals surface area contributed by atoms with Crippen LogP contribution in [0.25, 0.3) is 10.9 Å². The molecule has 1 aromatic heterocycles. The van der Waals surface area contributed by atoms with Crippen LogP contribution in [-0.4, -0.2) is 38.1 Å². The minimum Gasteiger partial charge on any atom is -0.481 e. The number of hydrogen-bond acceptors (Lipinski definition) is 5. The molecule has 0 spiro atoms. The number of carboxylic acids is 1. The van der Waals surface area contributed by atoms with Crippen LogP contribution in [0.5, 0.6) is 0 Å². The predicted molar refractivity (Wildman–Crippen MR) is 83.6 cm³/mol. The first-order valence-corrected chi connectivity index (χ1v) is 7.62. The Morgan fingerprint density at radius 3 is 2.62 bits per heavy atom. The van der Waals surface area contributed by atoms with E-state index in [9.17, 15) is 19.7 Å². The summed E-state index contributed by atoms with van der Waals surface area (Å²) in [4.78, 5) is 33.7. The van der Waals surface area contributed by atoms with Gasteiger partial charge in [0.15, 0.2) is 5.69 Å². The van der Waals surface area contributed by atoms with Crippen LogP contribution in [0, 0.1) is 16.0 Å². The standard InChI is InChI=1S/C15H16N4O5/c20-14(16-9-3-1-8(2-4-9)15(21)22)13-11-7-10(19(23)24)5-6-12(11)17-18-13/h5-9H,1-4H2,(H,16,20)(H,17,18)(H,21,22). The lowest BCUT2D eigenvalue weighted by Crippen LogP contribution is -2.38. The summed E-state index contributed by atoms with van der Waals surface area (Å²) >= 11 is 0. The number of carbonyl (C=O) groups is 2. The summed E-state index contributed by atoms with van der Waals surface area (Å²) in [6, 6.07) is 4.05. The Balaban J connectivity index is 1.74. The Hall–Kier alpha value is -2.97. The van der Waals surface area contributed by atoms with Gasteiger partial charge in [-0.1, -0.05) is 0 Å². The number of non-ortho nitro benzene ring substituents is 1. The fourth-order valence-corrected chi connectivity index (χ4v) is 3.03. The second kappa shape index (κ2) is 6.26. The van der Waals surface area contributed by atoms with E-state index in [0.717, 1.165) is 0 Å². The van der Waals surface area contributed by atoms with Gasteiger partial charge in [0, 0.05) is 23.6 Å². The molecule has 1 aliphatic carbocycles. The Kier molecular flexibility index (Phi) is 4.15. The van der Waals surface area contributed by atoms with Gasteiger partial charge in [-0.05, 0) is 31.7 Å². The van der Waals surface area contributed by atoms with Crippen LogP contribution in [0.4, 0.5) is 5.69 Å². The summed E-state index contributed by atoms with van der Waals surface area (Å²) < 4.78 is 0. The molecule has 1 saturated carbocycles. The zero-order chi connectivity index (χ0) is 17.3. The fourth-order valence-electron chi connectivity index (χ4n) is 3.03. The van der Waals surface area contributed by atoms with E-state index in [1.807, 2.05) is 0 Å². The Labute approximate surface area is 136 Å². The highest BCUT2D eigenvalue weighted by Crippen LogP contribution is 2.26. The first kappa shape index (κ1) is 15.9. The molecule has 3 rings (SSSR count). The molecule has 1 heterocycles. The number of benzene rings is 1. The molecule has 0 saturated heterocycles. The number of carbonyl (C=O) groups excluding carboxylic acids is 1. The zero-order valence-electron chi connectivity index (χ0n) is 12.7.